The number of benzene rings is 2. The Morgan fingerprint density at radius 3 is 2.39 bits per heavy atom. The van der Waals surface area contributed by atoms with Crippen molar-refractivity contribution in [3.05, 3.63) is 74.6 Å². The van der Waals surface area contributed by atoms with Crippen molar-refractivity contribution in [3.8, 4) is 5.75 Å². The number of aryl methyl sites for hydroxylation is 3. The molecule has 1 unspecified atom stereocenters. The molecule has 0 bridgehead atoms. The van der Waals surface area contributed by atoms with Crippen LogP contribution < -0.4 is 15.7 Å². The number of carbonyl (C=O) groups excluding carboxylic acids is 2. The molecule has 222 valence electrons. The first-order valence-corrected chi connectivity index (χ1v) is 13.9. The van der Waals surface area contributed by atoms with E-state index in [-0.39, 0.29) is 30.2 Å². The van der Waals surface area contributed by atoms with Crippen LogP contribution in [0.15, 0.2) is 45.6 Å². The Morgan fingerprint density at radius 1 is 1.10 bits per heavy atom. The molecule has 7 nitrogen and oxygen atoms in total. The molecule has 1 N–H and O–H groups in total. The third-order valence-corrected chi connectivity index (χ3v) is 6.83. The molecule has 0 aliphatic rings. The number of fused-ring (bicyclic) bond motifs is 1. The Balaban J connectivity index is 1.72. The molecule has 0 aliphatic heterocycles. The van der Waals surface area contributed by atoms with Gasteiger partial charge in [-0.25, -0.2) is 9.59 Å². The van der Waals surface area contributed by atoms with Crippen molar-refractivity contribution in [2.24, 2.45) is 0 Å². The highest BCUT2D eigenvalue weighted by molar-refractivity contribution is 5.87. The average Bonchev–Trinajstić information content (AvgIpc) is 2.91. The highest BCUT2D eigenvalue weighted by Crippen LogP contribution is 2.40. The molecule has 3 amide bonds. The topological polar surface area (TPSA) is 88.8 Å². The van der Waals surface area contributed by atoms with Gasteiger partial charge in [-0.05, 0) is 56.7 Å². The van der Waals surface area contributed by atoms with E-state index >= 15 is 0 Å². The lowest BCUT2D eigenvalue weighted by molar-refractivity contribution is -0.136. The number of ether oxygens (including phenoxy) is 1. The second kappa shape index (κ2) is 14.2. The summed E-state index contributed by atoms with van der Waals surface area (Å²) in [4.78, 5) is 37.4. The zero-order valence-electron chi connectivity index (χ0n) is 23.9. The number of nitrogens with zero attached hydrogens (tertiary/aromatic N) is 1. The normalized spacial score (nSPS) is 12.3. The first kappa shape index (κ1) is 31.7. The molecule has 3 aromatic rings. The maximum absolute atomic E-state index is 13.8. The Kier molecular flexibility index (Phi) is 11.0. The minimum absolute atomic E-state index is 0.104. The number of unbranched alkanes of at least 4 members (excludes halogenated alkanes) is 1. The molecule has 1 atom stereocenters. The van der Waals surface area contributed by atoms with E-state index in [0.717, 1.165) is 16.0 Å². The Morgan fingerprint density at radius 2 is 1.78 bits per heavy atom. The van der Waals surface area contributed by atoms with Gasteiger partial charge >= 0.3 is 17.8 Å². The molecule has 0 spiro atoms. The van der Waals surface area contributed by atoms with Crippen LogP contribution in [0.2, 0.25) is 0 Å². The number of amides is 3. The Labute approximate surface area is 237 Å². The van der Waals surface area contributed by atoms with Gasteiger partial charge in [0.2, 0.25) is 6.41 Å². The van der Waals surface area contributed by atoms with E-state index < -0.39 is 23.4 Å². The monoisotopic (exact) mass is 574 g/mol. The van der Waals surface area contributed by atoms with Crippen LogP contribution in [0.5, 0.6) is 5.75 Å². The van der Waals surface area contributed by atoms with E-state index in [1.165, 1.54) is 6.07 Å². The SMILES string of the molecule is CCCc1cc2c(C(F)(F)F)cc(=O)oc2c(CCC)c1OCCCCN(C=O)C(=O)NC(C)c1ccc(C)cc1. The maximum atomic E-state index is 13.8. The minimum atomic E-state index is -4.71. The summed E-state index contributed by atoms with van der Waals surface area (Å²) in [6.07, 6.45) is -1.16. The number of hydrogen-bond donors (Lipinski definition) is 1. The van der Waals surface area contributed by atoms with E-state index in [1.54, 1.807) is 0 Å². The van der Waals surface area contributed by atoms with E-state index in [4.69, 9.17) is 9.15 Å². The standard InChI is InChI=1S/C31H37F3N2O5/c1-5-9-23-17-25-26(31(32,33)34)18-27(38)41-29(25)24(10-6-2)28(23)40-16-8-7-15-36(19-37)30(39)35-21(4)22-13-11-20(3)12-14-22/h11-14,17-19,21H,5-10,15-16H2,1-4H3,(H,35,39). The lowest BCUT2D eigenvalue weighted by Gasteiger charge is -2.21. The molecule has 0 radical (unpaired) electrons. The summed E-state index contributed by atoms with van der Waals surface area (Å²) in [5.74, 6) is 0.431. The fourth-order valence-corrected chi connectivity index (χ4v) is 4.72. The summed E-state index contributed by atoms with van der Waals surface area (Å²) < 4.78 is 52.7. The number of rotatable bonds is 13. The quantitative estimate of drug-likeness (QED) is 0.133. The summed E-state index contributed by atoms with van der Waals surface area (Å²) in [6, 6.07) is 8.85. The van der Waals surface area contributed by atoms with Crippen molar-refractivity contribution in [1.82, 2.24) is 10.2 Å². The van der Waals surface area contributed by atoms with Crippen molar-refractivity contribution in [1.29, 1.82) is 0 Å². The molecular formula is C31H37F3N2O5. The molecule has 3 rings (SSSR count). The summed E-state index contributed by atoms with van der Waals surface area (Å²) in [5, 5.41) is 2.67. The summed E-state index contributed by atoms with van der Waals surface area (Å²) >= 11 is 0. The molecule has 0 saturated carbocycles. The summed E-state index contributed by atoms with van der Waals surface area (Å²) in [5.41, 5.74) is 0.883. The molecule has 10 heteroatoms. The molecule has 1 aromatic heterocycles. The fourth-order valence-electron chi connectivity index (χ4n) is 4.72. The molecule has 2 aromatic carbocycles. The van der Waals surface area contributed by atoms with Crippen molar-refractivity contribution < 1.29 is 31.9 Å². The number of halogens is 3. The van der Waals surface area contributed by atoms with Gasteiger partial charge in [-0.3, -0.25) is 9.69 Å². The van der Waals surface area contributed by atoms with Gasteiger partial charge in [0.1, 0.15) is 11.3 Å². The van der Waals surface area contributed by atoms with Crippen LogP contribution in [0.1, 0.15) is 80.3 Å². The van der Waals surface area contributed by atoms with E-state index in [0.29, 0.717) is 67.9 Å². The number of alkyl halides is 3. The Bertz CT molecular complexity index is 1400. The van der Waals surface area contributed by atoms with Crippen LogP contribution >= 0.6 is 0 Å². The third kappa shape index (κ3) is 8.11. The largest absolute Gasteiger partial charge is 0.493 e. The minimum Gasteiger partial charge on any atom is -0.493 e. The van der Waals surface area contributed by atoms with E-state index in [2.05, 4.69) is 5.32 Å². The van der Waals surface area contributed by atoms with Crippen molar-refractivity contribution in [2.45, 2.75) is 78.4 Å². The van der Waals surface area contributed by atoms with Crippen LogP contribution in [-0.2, 0) is 23.8 Å². The molecule has 0 aliphatic carbocycles. The average molecular weight is 575 g/mol. The first-order valence-electron chi connectivity index (χ1n) is 13.9. The number of imide groups is 1. The second-order valence-corrected chi connectivity index (χ2v) is 10.1. The van der Waals surface area contributed by atoms with Crippen molar-refractivity contribution >= 4 is 23.4 Å². The number of urea groups is 1. The van der Waals surface area contributed by atoms with Gasteiger partial charge in [0.05, 0.1) is 18.2 Å². The van der Waals surface area contributed by atoms with E-state index in [9.17, 15) is 27.6 Å². The van der Waals surface area contributed by atoms with Gasteiger partial charge in [-0.15, -0.1) is 0 Å². The summed E-state index contributed by atoms with van der Waals surface area (Å²) in [7, 11) is 0. The van der Waals surface area contributed by atoms with E-state index in [1.807, 2.05) is 52.0 Å². The first-order chi connectivity index (χ1) is 19.5. The fraction of sp³-hybridized carbons (Fsp3) is 0.452. The van der Waals surface area contributed by atoms with Crippen LogP contribution in [-0.4, -0.2) is 30.5 Å². The lowest BCUT2D eigenvalue weighted by Crippen LogP contribution is -2.40. The van der Waals surface area contributed by atoms with Crippen molar-refractivity contribution in [2.75, 3.05) is 13.2 Å². The van der Waals surface area contributed by atoms with Gasteiger partial charge in [0, 0.05) is 23.6 Å². The Hall–Kier alpha value is -3.82. The molecular weight excluding hydrogens is 537 g/mol. The predicted octanol–water partition coefficient (Wildman–Crippen LogP) is 7.11. The van der Waals surface area contributed by atoms with Crippen LogP contribution in [0.25, 0.3) is 11.0 Å². The highest BCUT2D eigenvalue weighted by Gasteiger charge is 2.35. The van der Waals surface area contributed by atoms with Gasteiger partial charge in [-0.1, -0.05) is 56.5 Å². The van der Waals surface area contributed by atoms with Crippen LogP contribution in [0.4, 0.5) is 18.0 Å². The zero-order valence-corrected chi connectivity index (χ0v) is 23.9. The van der Waals surface area contributed by atoms with Gasteiger partial charge in [0.25, 0.3) is 0 Å². The van der Waals surface area contributed by atoms with Crippen molar-refractivity contribution in [3.63, 3.8) is 0 Å². The number of carbonyl (C=O) groups is 2. The highest BCUT2D eigenvalue weighted by atomic mass is 19.4. The van der Waals surface area contributed by atoms with Crippen LogP contribution in [0.3, 0.4) is 0 Å². The smallest absolute Gasteiger partial charge is 0.417 e. The summed E-state index contributed by atoms with van der Waals surface area (Å²) in [6.45, 7) is 7.99. The molecule has 1 heterocycles. The second-order valence-electron chi connectivity index (χ2n) is 10.1. The predicted molar refractivity (Wildman–Crippen MR) is 151 cm³/mol. The van der Waals surface area contributed by atoms with Crippen LogP contribution in [0, 0.1) is 6.92 Å². The van der Waals surface area contributed by atoms with Gasteiger partial charge < -0.3 is 14.5 Å². The van der Waals surface area contributed by atoms with Gasteiger partial charge in [0.15, 0.2) is 0 Å². The van der Waals surface area contributed by atoms with Gasteiger partial charge in [-0.2, -0.15) is 13.2 Å². The lowest BCUT2D eigenvalue weighted by atomic mass is 9.96. The zero-order chi connectivity index (χ0) is 30.2. The molecule has 0 fully saturated rings. The number of nitrogens with one attached hydrogen (secondary N) is 1. The number of hydrogen-bond acceptors (Lipinski definition) is 5. The maximum Gasteiger partial charge on any atom is 0.417 e. The molecule has 41 heavy (non-hydrogen) atoms. The third-order valence-electron chi connectivity index (χ3n) is 6.83. The molecule has 0 saturated heterocycles.